The smallest absolute Gasteiger partial charge is 0.0223 e. The Hall–Kier alpha value is -0.120. The molecule has 2 aliphatic heterocycles. The lowest BCUT2D eigenvalue weighted by molar-refractivity contribution is 0.117. The van der Waals surface area contributed by atoms with Crippen molar-refractivity contribution in [2.75, 3.05) is 39.8 Å². The number of hydrogen-bond acceptors (Lipinski definition) is 3. The summed E-state index contributed by atoms with van der Waals surface area (Å²) >= 11 is 0. The van der Waals surface area contributed by atoms with E-state index in [1.807, 2.05) is 0 Å². The van der Waals surface area contributed by atoms with E-state index in [9.17, 15) is 0 Å². The second-order valence-corrected chi connectivity index (χ2v) is 6.28. The molecule has 3 aliphatic rings. The van der Waals surface area contributed by atoms with Crippen molar-refractivity contribution in [3.05, 3.63) is 0 Å². The van der Waals surface area contributed by atoms with Gasteiger partial charge in [-0.05, 0) is 71.2 Å². The Kier molecular flexibility index (Phi) is 3.69. The van der Waals surface area contributed by atoms with E-state index in [0.29, 0.717) is 0 Å². The van der Waals surface area contributed by atoms with E-state index in [1.54, 1.807) is 0 Å². The molecule has 98 valence electrons. The lowest BCUT2D eigenvalue weighted by atomic mass is 10.0. The molecule has 3 rings (SSSR count). The number of nitrogens with one attached hydrogen (secondary N) is 1. The van der Waals surface area contributed by atoms with E-state index < -0.39 is 0 Å². The van der Waals surface area contributed by atoms with E-state index in [0.717, 1.165) is 18.0 Å². The summed E-state index contributed by atoms with van der Waals surface area (Å²) in [7, 11) is 2.26. The Morgan fingerprint density at radius 3 is 2.47 bits per heavy atom. The van der Waals surface area contributed by atoms with Gasteiger partial charge in [-0.1, -0.05) is 0 Å². The molecule has 17 heavy (non-hydrogen) atoms. The molecule has 3 fully saturated rings. The summed E-state index contributed by atoms with van der Waals surface area (Å²) in [5.41, 5.74) is 0. The van der Waals surface area contributed by atoms with Crippen LogP contribution in [0.25, 0.3) is 0 Å². The second kappa shape index (κ2) is 5.25. The van der Waals surface area contributed by atoms with Crippen LogP contribution < -0.4 is 5.32 Å². The molecule has 0 amide bonds. The average Bonchev–Trinajstić information content (AvgIpc) is 3.16. The van der Waals surface area contributed by atoms with Gasteiger partial charge in [-0.3, -0.25) is 4.90 Å². The zero-order chi connectivity index (χ0) is 11.7. The summed E-state index contributed by atoms with van der Waals surface area (Å²) in [4.78, 5) is 5.28. The van der Waals surface area contributed by atoms with Gasteiger partial charge in [-0.15, -0.1) is 0 Å². The Labute approximate surface area is 106 Å². The molecule has 1 unspecified atom stereocenters. The molecule has 0 bridgehead atoms. The van der Waals surface area contributed by atoms with Gasteiger partial charge in [0.2, 0.25) is 0 Å². The Morgan fingerprint density at radius 1 is 1.00 bits per heavy atom. The molecule has 2 saturated heterocycles. The third-order valence-corrected chi connectivity index (χ3v) is 4.86. The van der Waals surface area contributed by atoms with Crippen molar-refractivity contribution < 1.29 is 0 Å². The van der Waals surface area contributed by atoms with Gasteiger partial charge in [-0.25, -0.2) is 0 Å². The van der Waals surface area contributed by atoms with Gasteiger partial charge in [0.05, 0.1) is 0 Å². The molecular weight excluding hydrogens is 210 g/mol. The van der Waals surface area contributed by atoms with Crippen molar-refractivity contribution in [2.45, 2.75) is 44.2 Å². The van der Waals surface area contributed by atoms with Crippen LogP contribution in [-0.4, -0.2) is 61.7 Å². The molecule has 2 heterocycles. The first-order chi connectivity index (χ1) is 8.33. The van der Waals surface area contributed by atoms with Crippen molar-refractivity contribution in [2.24, 2.45) is 5.92 Å². The number of piperidine rings is 1. The highest BCUT2D eigenvalue weighted by Gasteiger charge is 2.35. The topological polar surface area (TPSA) is 18.5 Å². The molecule has 1 saturated carbocycles. The summed E-state index contributed by atoms with van der Waals surface area (Å²) in [6, 6.07) is 1.67. The largest absolute Gasteiger partial charge is 0.312 e. The van der Waals surface area contributed by atoms with Crippen molar-refractivity contribution in [3.63, 3.8) is 0 Å². The van der Waals surface area contributed by atoms with Crippen LogP contribution in [0.5, 0.6) is 0 Å². The first-order valence-electron chi connectivity index (χ1n) is 7.49. The lowest BCUT2D eigenvalue weighted by Gasteiger charge is -2.37. The average molecular weight is 237 g/mol. The molecule has 0 radical (unpaired) electrons. The molecular formula is C14H27N3. The van der Waals surface area contributed by atoms with Crippen LogP contribution >= 0.6 is 0 Å². The van der Waals surface area contributed by atoms with E-state index in [-0.39, 0.29) is 0 Å². The zero-order valence-corrected chi connectivity index (χ0v) is 11.2. The second-order valence-electron chi connectivity index (χ2n) is 6.28. The monoisotopic (exact) mass is 237 g/mol. The number of rotatable bonds is 2. The predicted molar refractivity (Wildman–Crippen MR) is 71.2 cm³/mol. The van der Waals surface area contributed by atoms with Gasteiger partial charge in [0.25, 0.3) is 0 Å². The van der Waals surface area contributed by atoms with Crippen molar-refractivity contribution in [1.82, 2.24) is 15.1 Å². The minimum absolute atomic E-state index is 0.803. The summed E-state index contributed by atoms with van der Waals surface area (Å²) in [6.45, 7) is 6.47. The van der Waals surface area contributed by atoms with E-state index >= 15 is 0 Å². The van der Waals surface area contributed by atoms with Crippen molar-refractivity contribution in [1.29, 1.82) is 0 Å². The maximum Gasteiger partial charge on any atom is 0.0223 e. The minimum atomic E-state index is 0.803. The Morgan fingerprint density at radius 2 is 1.76 bits per heavy atom. The van der Waals surface area contributed by atoms with Crippen LogP contribution in [0.1, 0.15) is 32.1 Å². The molecule has 1 atom stereocenters. The van der Waals surface area contributed by atoms with Gasteiger partial charge in [-0.2, -0.15) is 0 Å². The fourth-order valence-corrected chi connectivity index (χ4v) is 3.48. The van der Waals surface area contributed by atoms with Crippen molar-refractivity contribution in [3.8, 4) is 0 Å². The SMILES string of the molecule is CN1CCC(N2CCCNC(C3CC3)C2)CC1. The number of nitrogens with zero attached hydrogens (tertiary/aromatic N) is 2. The van der Waals surface area contributed by atoms with E-state index in [1.165, 1.54) is 64.8 Å². The first kappa shape index (κ1) is 11.9. The van der Waals surface area contributed by atoms with E-state index in [4.69, 9.17) is 0 Å². The summed E-state index contributed by atoms with van der Waals surface area (Å²) in [6.07, 6.45) is 7.05. The van der Waals surface area contributed by atoms with Gasteiger partial charge in [0.1, 0.15) is 0 Å². The zero-order valence-electron chi connectivity index (χ0n) is 11.2. The normalized spacial score (nSPS) is 34.8. The van der Waals surface area contributed by atoms with Crippen LogP contribution in [0.3, 0.4) is 0 Å². The third kappa shape index (κ3) is 3.01. The Bertz CT molecular complexity index is 244. The standard InChI is InChI=1S/C14H27N3/c1-16-9-5-13(6-10-16)17-8-2-7-15-14(11-17)12-3-4-12/h12-15H,2-11H2,1H3. The predicted octanol–water partition coefficient (Wildman–Crippen LogP) is 1.15. The van der Waals surface area contributed by atoms with Crippen LogP contribution in [0, 0.1) is 5.92 Å². The third-order valence-electron chi connectivity index (χ3n) is 4.86. The molecule has 3 heteroatoms. The Balaban J connectivity index is 1.56. The van der Waals surface area contributed by atoms with Crippen molar-refractivity contribution >= 4 is 0 Å². The number of likely N-dealkylation sites (tertiary alicyclic amines) is 1. The fourth-order valence-electron chi connectivity index (χ4n) is 3.48. The van der Waals surface area contributed by atoms with Crippen LogP contribution in [-0.2, 0) is 0 Å². The van der Waals surface area contributed by atoms with Gasteiger partial charge >= 0.3 is 0 Å². The molecule has 0 aromatic rings. The van der Waals surface area contributed by atoms with Crippen LogP contribution in [0.2, 0.25) is 0 Å². The molecule has 0 spiro atoms. The highest BCUT2D eigenvalue weighted by molar-refractivity contribution is 4.92. The highest BCUT2D eigenvalue weighted by atomic mass is 15.2. The highest BCUT2D eigenvalue weighted by Crippen LogP contribution is 2.34. The van der Waals surface area contributed by atoms with Gasteiger partial charge in [0.15, 0.2) is 0 Å². The molecule has 1 aliphatic carbocycles. The number of hydrogen-bond donors (Lipinski definition) is 1. The quantitative estimate of drug-likeness (QED) is 0.777. The maximum absolute atomic E-state index is 3.77. The minimum Gasteiger partial charge on any atom is -0.312 e. The fraction of sp³-hybridized carbons (Fsp3) is 1.00. The summed E-state index contributed by atoms with van der Waals surface area (Å²) < 4.78 is 0. The van der Waals surface area contributed by atoms with Crippen LogP contribution in [0.15, 0.2) is 0 Å². The van der Waals surface area contributed by atoms with Gasteiger partial charge < -0.3 is 10.2 Å². The molecule has 0 aromatic carbocycles. The van der Waals surface area contributed by atoms with E-state index in [2.05, 4.69) is 22.2 Å². The maximum atomic E-state index is 3.77. The van der Waals surface area contributed by atoms with Gasteiger partial charge in [0, 0.05) is 18.6 Å². The van der Waals surface area contributed by atoms with Crippen LogP contribution in [0.4, 0.5) is 0 Å². The molecule has 1 N–H and O–H groups in total. The summed E-state index contributed by atoms with van der Waals surface area (Å²) in [5.74, 6) is 1.00. The lowest BCUT2D eigenvalue weighted by Crippen LogP contribution is -2.47. The molecule has 0 aromatic heterocycles. The molecule has 3 nitrogen and oxygen atoms in total. The summed E-state index contributed by atoms with van der Waals surface area (Å²) in [5, 5.41) is 3.77. The first-order valence-corrected chi connectivity index (χ1v) is 7.49.